The number of nitrogens with two attached hydrogens (primary N) is 1. The van der Waals surface area contributed by atoms with Crippen LogP contribution in [-0.4, -0.2) is 55.6 Å². The number of rotatable bonds is 3. The lowest BCUT2D eigenvalue weighted by Gasteiger charge is -2.26. The fourth-order valence-corrected chi connectivity index (χ4v) is 3.30. The Kier molecular flexibility index (Phi) is 4.96. The molecule has 18 heavy (non-hydrogen) atoms. The van der Waals surface area contributed by atoms with Gasteiger partial charge < -0.3 is 10.6 Å². The Hall–Kier alpha value is -0.410. The summed E-state index contributed by atoms with van der Waals surface area (Å²) in [5, 5.41) is 0. The molecule has 106 valence electrons. The van der Waals surface area contributed by atoms with E-state index in [2.05, 4.69) is 12.2 Å². The molecule has 2 N–H and O–H groups in total. The molecule has 0 saturated carbocycles. The zero-order valence-corrected chi connectivity index (χ0v) is 11.2. The quantitative estimate of drug-likeness (QED) is 0.773. The summed E-state index contributed by atoms with van der Waals surface area (Å²) in [6.45, 7) is 0.0420. The third kappa shape index (κ3) is 4.69. The summed E-state index contributed by atoms with van der Waals surface area (Å²) in [6, 6.07) is 0. The van der Waals surface area contributed by atoms with Crippen LogP contribution in [0.15, 0.2) is 0 Å². The molecule has 0 bridgehead atoms. The second kappa shape index (κ2) is 5.70. The molecule has 1 rings (SSSR count). The Morgan fingerprint density at radius 2 is 1.94 bits per heavy atom. The summed E-state index contributed by atoms with van der Waals surface area (Å²) in [5.74, 6) is -1.98. The highest BCUT2D eigenvalue weighted by molar-refractivity contribution is 7.91. The summed E-state index contributed by atoms with van der Waals surface area (Å²) < 4.78 is 60.7. The number of halogens is 3. The summed E-state index contributed by atoms with van der Waals surface area (Å²) in [5.41, 5.74) is 5.10. The average Bonchev–Trinajstić information content (AvgIpc) is 2.34. The Balaban J connectivity index is 2.68. The van der Waals surface area contributed by atoms with E-state index in [0.717, 1.165) is 0 Å². The maximum Gasteiger partial charge on any atom is 0.399 e. The monoisotopic (exact) mass is 304 g/mol. The van der Waals surface area contributed by atoms with Gasteiger partial charge in [-0.1, -0.05) is 12.2 Å². The van der Waals surface area contributed by atoms with Gasteiger partial charge in [0.1, 0.15) is 5.92 Å². The lowest BCUT2D eigenvalue weighted by molar-refractivity contribution is -0.159. The van der Waals surface area contributed by atoms with Crippen LogP contribution >= 0.6 is 12.2 Å². The summed E-state index contributed by atoms with van der Waals surface area (Å²) >= 11 is 4.43. The van der Waals surface area contributed by atoms with Crippen LogP contribution in [0.5, 0.6) is 0 Å². The number of alkyl halides is 3. The Bertz CT molecular complexity index is 409. The molecule has 1 unspecified atom stereocenters. The van der Waals surface area contributed by atoms with Crippen molar-refractivity contribution in [2.24, 2.45) is 11.7 Å². The second-order valence-electron chi connectivity index (χ2n) is 4.30. The lowest BCUT2D eigenvalue weighted by atomic mass is 10.1. The van der Waals surface area contributed by atoms with Gasteiger partial charge in [0, 0.05) is 13.1 Å². The molecule has 0 spiro atoms. The molecule has 0 amide bonds. The number of hydrogen-bond donors (Lipinski definition) is 1. The molecule has 0 aliphatic carbocycles. The summed E-state index contributed by atoms with van der Waals surface area (Å²) in [7, 11) is -3.13. The largest absolute Gasteiger partial charge is 0.399 e. The van der Waals surface area contributed by atoms with Crippen LogP contribution < -0.4 is 5.73 Å². The molecule has 1 fully saturated rings. The highest BCUT2D eigenvalue weighted by Crippen LogP contribution is 2.27. The molecule has 0 aromatic carbocycles. The second-order valence-corrected chi connectivity index (χ2v) is 7.08. The maximum atomic E-state index is 12.7. The molecule has 1 heterocycles. The number of hydrogen-bond acceptors (Lipinski definition) is 4. The molecule has 9 heteroatoms. The lowest BCUT2D eigenvalue weighted by Crippen LogP contribution is -2.44. The van der Waals surface area contributed by atoms with Crippen molar-refractivity contribution in [1.29, 1.82) is 0 Å². The van der Waals surface area contributed by atoms with Gasteiger partial charge in [-0.05, 0) is 13.0 Å². The van der Waals surface area contributed by atoms with Gasteiger partial charge in [0.15, 0.2) is 9.84 Å². The molecule has 0 radical (unpaired) electrons. The molecule has 4 nitrogen and oxygen atoms in total. The van der Waals surface area contributed by atoms with Crippen molar-refractivity contribution in [3.05, 3.63) is 0 Å². The van der Waals surface area contributed by atoms with Crippen LogP contribution in [0.1, 0.15) is 6.42 Å². The fourth-order valence-electron chi connectivity index (χ4n) is 1.79. The van der Waals surface area contributed by atoms with E-state index in [9.17, 15) is 21.6 Å². The zero-order valence-electron chi connectivity index (χ0n) is 9.61. The first kappa shape index (κ1) is 15.6. The fraction of sp³-hybridized carbons (Fsp3) is 0.889. The van der Waals surface area contributed by atoms with Crippen molar-refractivity contribution in [1.82, 2.24) is 4.90 Å². The molecule has 1 saturated heterocycles. The van der Waals surface area contributed by atoms with Gasteiger partial charge in [0.25, 0.3) is 0 Å². The van der Waals surface area contributed by atoms with Crippen molar-refractivity contribution >= 4 is 27.0 Å². The summed E-state index contributed by atoms with van der Waals surface area (Å²) in [4.78, 5) is 0.858. The molecule has 0 aromatic heterocycles. The van der Waals surface area contributed by atoms with Crippen LogP contribution in [-0.2, 0) is 9.84 Å². The molecule has 1 aliphatic heterocycles. The SMILES string of the molecule is NC(=S)C(CN1CCCS(=O)(=O)CC1)C(F)(F)F. The molecular formula is C9H15F3N2O2S2. The van der Waals surface area contributed by atoms with E-state index >= 15 is 0 Å². The smallest absolute Gasteiger partial charge is 0.393 e. The predicted molar refractivity (Wildman–Crippen MR) is 66.0 cm³/mol. The van der Waals surface area contributed by atoms with Gasteiger partial charge in [-0.3, -0.25) is 0 Å². The Labute approximate surface area is 109 Å². The molecule has 0 aromatic rings. The predicted octanol–water partition coefficient (Wildman–Crippen LogP) is 0.571. The van der Waals surface area contributed by atoms with E-state index in [1.54, 1.807) is 0 Å². The van der Waals surface area contributed by atoms with Gasteiger partial charge in [0.2, 0.25) is 0 Å². The number of nitrogens with zero attached hydrogens (tertiary/aromatic N) is 1. The Morgan fingerprint density at radius 3 is 2.44 bits per heavy atom. The van der Waals surface area contributed by atoms with E-state index < -0.39 is 26.9 Å². The van der Waals surface area contributed by atoms with Gasteiger partial charge in [-0.2, -0.15) is 13.2 Å². The number of sulfone groups is 1. The van der Waals surface area contributed by atoms with Crippen LogP contribution in [0.3, 0.4) is 0 Å². The molecule has 1 atom stereocenters. The highest BCUT2D eigenvalue weighted by atomic mass is 32.2. The number of thiocarbonyl (C=S) groups is 1. The first-order valence-corrected chi connectivity index (χ1v) is 7.63. The minimum absolute atomic E-state index is 0.0211. The highest BCUT2D eigenvalue weighted by Gasteiger charge is 2.42. The van der Waals surface area contributed by atoms with E-state index in [-0.39, 0.29) is 24.6 Å². The van der Waals surface area contributed by atoms with Crippen molar-refractivity contribution in [3.8, 4) is 0 Å². The van der Waals surface area contributed by atoms with Gasteiger partial charge >= 0.3 is 6.18 Å². The normalized spacial score (nSPS) is 23.3. The maximum absolute atomic E-state index is 12.7. The van der Waals surface area contributed by atoms with Crippen molar-refractivity contribution < 1.29 is 21.6 Å². The Morgan fingerprint density at radius 1 is 1.33 bits per heavy atom. The van der Waals surface area contributed by atoms with Gasteiger partial charge in [-0.15, -0.1) is 0 Å². The first-order chi connectivity index (χ1) is 8.12. The summed E-state index contributed by atoms with van der Waals surface area (Å²) in [6.07, 6.45) is -4.15. The molecular weight excluding hydrogens is 289 g/mol. The van der Waals surface area contributed by atoms with E-state index in [1.165, 1.54) is 4.90 Å². The van der Waals surface area contributed by atoms with E-state index in [0.29, 0.717) is 13.0 Å². The van der Waals surface area contributed by atoms with Crippen molar-refractivity contribution in [2.75, 3.05) is 31.1 Å². The van der Waals surface area contributed by atoms with Crippen LogP contribution in [0.4, 0.5) is 13.2 Å². The standard InChI is InChI=1S/C9H15F3N2O2S2/c10-9(11,12)7(8(13)17)6-14-2-1-4-18(15,16)5-3-14/h7H,1-6H2,(H2,13,17). The average molecular weight is 304 g/mol. The van der Waals surface area contributed by atoms with Crippen LogP contribution in [0.2, 0.25) is 0 Å². The van der Waals surface area contributed by atoms with Crippen LogP contribution in [0.25, 0.3) is 0 Å². The first-order valence-electron chi connectivity index (χ1n) is 5.40. The third-order valence-electron chi connectivity index (χ3n) is 2.83. The minimum Gasteiger partial charge on any atom is -0.393 e. The van der Waals surface area contributed by atoms with Gasteiger partial charge in [-0.25, -0.2) is 8.42 Å². The van der Waals surface area contributed by atoms with E-state index in [4.69, 9.17) is 5.73 Å². The van der Waals surface area contributed by atoms with Crippen molar-refractivity contribution in [2.45, 2.75) is 12.6 Å². The zero-order chi connectivity index (χ0) is 14.0. The minimum atomic E-state index is -4.49. The van der Waals surface area contributed by atoms with Crippen LogP contribution in [0, 0.1) is 5.92 Å². The van der Waals surface area contributed by atoms with Crippen molar-refractivity contribution in [3.63, 3.8) is 0 Å². The topological polar surface area (TPSA) is 63.4 Å². The van der Waals surface area contributed by atoms with E-state index in [1.807, 2.05) is 0 Å². The van der Waals surface area contributed by atoms with Gasteiger partial charge in [0.05, 0.1) is 16.5 Å². The molecule has 1 aliphatic rings. The third-order valence-corrected chi connectivity index (χ3v) is 4.83.